The number of carboxylic acids is 1. The second-order valence-corrected chi connectivity index (χ2v) is 7.78. The van der Waals surface area contributed by atoms with Gasteiger partial charge in [-0.15, -0.1) is 0 Å². The van der Waals surface area contributed by atoms with Crippen LogP contribution < -0.4 is 21.7 Å². The summed E-state index contributed by atoms with van der Waals surface area (Å²) >= 11 is 0. The van der Waals surface area contributed by atoms with Crippen LogP contribution in [0.4, 0.5) is 5.69 Å². The first-order valence-electron chi connectivity index (χ1n) is 10.8. The number of pyridine rings is 1. The van der Waals surface area contributed by atoms with Gasteiger partial charge >= 0.3 is 17.3 Å². The summed E-state index contributed by atoms with van der Waals surface area (Å²) in [6.07, 6.45) is 1.27. The molecule has 10 heteroatoms. The lowest BCUT2D eigenvalue weighted by Crippen LogP contribution is -2.50. The molecule has 2 aromatic heterocycles. The summed E-state index contributed by atoms with van der Waals surface area (Å²) in [5.74, 6) is -0.113. The highest BCUT2D eigenvalue weighted by Gasteiger charge is 2.11. The zero-order valence-electron chi connectivity index (χ0n) is 18.9. The molecule has 4 aromatic rings. The van der Waals surface area contributed by atoms with Gasteiger partial charge in [0.2, 0.25) is 11.5 Å². The highest BCUT2D eigenvalue weighted by molar-refractivity contribution is 5.66. The second kappa shape index (κ2) is 10.5. The zero-order chi connectivity index (χ0) is 24.8. The van der Waals surface area contributed by atoms with Crippen LogP contribution in [0.25, 0.3) is 0 Å². The number of aryl methyl sites for hydroxylation is 1. The predicted molar refractivity (Wildman–Crippen MR) is 128 cm³/mol. The van der Waals surface area contributed by atoms with Crippen LogP contribution in [0.2, 0.25) is 0 Å². The van der Waals surface area contributed by atoms with Crippen molar-refractivity contribution < 1.29 is 14.6 Å². The molecule has 2 N–H and O–H groups in total. The Morgan fingerprint density at radius 1 is 1.03 bits per heavy atom. The largest absolute Gasteiger partial charge is 0.481 e. The summed E-state index contributed by atoms with van der Waals surface area (Å²) < 4.78 is 7.86. The molecule has 0 radical (unpaired) electrons. The Labute approximate surface area is 199 Å². The Hall–Kier alpha value is -4.73. The number of ether oxygens (including phenoxy) is 1. The number of carboxylic acid groups (broad SMARTS) is 1. The molecule has 10 nitrogen and oxygen atoms in total. The molecule has 0 atom stereocenters. The Morgan fingerprint density at radius 2 is 1.77 bits per heavy atom. The third-order valence-corrected chi connectivity index (χ3v) is 5.12. The lowest BCUT2D eigenvalue weighted by molar-refractivity contribution is -0.137. The summed E-state index contributed by atoms with van der Waals surface area (Å²) in [7, 11) is 0. The Balaban J connectivity index is 1.73. The average Bonchev–Trinajstić information content (AvgIpc) is 2.84. The predicted octanol–water partition coefficient (Wildman–Crippen LogP) is 2.59. The zero-order valence-corrected chi connectivity index (χ0v) is 18.9. The first kappa shape index (κ1) is 23.4. The summed E-state index contributed by atoms with van der Waals surface area (Å²) in [6.45, 7) is 1.84. The lowest BCUT2D eigenvalue weighted by atomic mass is 10.1. The summed E-state index contributed by atoms with van der Waals surface area (Å²) in [6, 6.07) is 19.7. The number of hydrogen-bond acceptors (Lipinski definition) is 6. The number of nitrogens with zero attached hydrogens (tertiary/aromatic N) is 4. The fourth-order valence-electron chi connectivity index (χ4n) is 3.30. The van der Waals surface area contributed by atoms with Gasteiger partial charge in [0.1, 0.15) is 5.75 Å². The van der Waals surface area contributed by atoms with E-state index in [1.807, 2.05) is 37.3 Å². The lowest BCUT2D eigenvalue weighted by Gasteiger charge is -2.11. The Kier molecular flexibility index (Phi) is 7.01. The fourth-order valence-corrected chi connectivity index (χ4v) is 3.30. The number of benzene rings is 2. The van der Waals surface area contributed by atoms with E-state index in [9.17, 15) is 14.4 Å². The van der Waals surface area contributed by atoms with Gasteiger partial charge in [-0.05, 0) is 42.8 Å². The normalized spacial score (nSPS) is 11.4. The van der Waals surface area contributed by atoms with Crippen LogP contribution in [-0.4, -0.2) is 30.2 Å². The first-order chi connectivity index (χ1) is 16.9. The van der Waals surface area contributed by atoms with E-state index in [2.05, 4.69) is 15.0 Å². The molecule has 0 saturated heterocycles. The molecular formula is C25H23N5O5. The van der Waals surface area contributed by atoms with E-state index in [1.165, 1.54) is 4.57 Å². The Bertz CT molecular complexity index is 1500. The fraction of sp³-hybridized carbons (Fsp3) is 0.160. The van der Waals surface area contributed by atoms with E-state index in [0.717, 1.165) is 15.7 Å². The molecule has 0 unspecified atom stereocenters. The maximum absolute atomic E-state index is 13.2. The van der Waals surface area contributed by atoms with Crippen molar-refractivity contribution in [2.45, 2.75) is 26.4 Å². The minimum atomic E-state index is -1.11. The van der Waals surface area contributed by atoms with E-state index >= 15 is 0 Å². The van der Waals surface area contributed by atoms with E-state index in [0.29, 0.717) is 17.3 Å². The molecule has 35 heavy (non-hydrogen) atoms. The van der Waals surface area contributed by atoms with Crippen LogP contribution >= 0.6 is 0 Å². The molecule has 0 aliphatic carbocycles. The summed E-state index contributed by atoms with van der Waals surface area (Å²) in [5.41, 5.74) is 1.04. The standard InChI is InChI=1S/C25H23N5O5/c1-17-5-7-18(8-6-17)16-30-23(28-24(33)29(25(30)34)15-13-22(31)32)27-19-9-11-20(12-10-19)35-21-4-2-3-14-26-21/h2-12,14H,13,15-16H2,1H3,(H,31,32)(H,27,28,33). The highest BCUT2D eigenvalue weighted by atomic mass is 16.5. The average molecular weight is 473 g/mol. The number of nitrogens with one attached hydrogen (secondary N) is 1. The van der Waals surface area contributed by atoms with Crippen LogP contribution in [0.15, 0.2) is 87.5 Å². The van der Waals surface area contributed by atoms with Gasteiger partial charge in [-0.25, -0.2) is 24.1 Å². The number of aromatic nitrogens is 4. The van der Waals surface area contributed by atoms with Crippen LogP contribution in [0.3, 0.4) is 0 Å². The SMILES string of the molecule is Cc1ccc(Cn2c(=O)n(CCC(=O)O)c(=O)[nH]/c2=N\c2ccc(Oc3ccccn3)cc2)cc1. The van der Waals surface area contributed by atoms with Gasteiger partial charge in [0.15, 0.2) is 0 Å². The van der Waals surface area contributed by atoms with Crippen molar-refractivity contribution in [2.24, 2.45) is 4.99 Å². The van der Waals surface area contributed by atoms with Crippen LogP contribution in [0.5, 0.6) is 11.6 Å². The maximum Gasteiger partial charge on any atom is 0.335 e. The number of hydrogen-bond donors (Lipinski definition) is 2. The number of H-pyrrole nitrogens is 1. The van der Waals surface area contributed by atoms with Crippen molar-refractivity contribution in [2.75, 3.05) is 0 Å². The molecule has 0 bridgehead atoms. The quantitative estimate of drug-likeness (QED) is 0.404. The molecule has 178 valence electrons. The van der Waals surface area contributed by atoms with E-state index in [1.54, 1.807) is 42.6 Å². The van der Waals surface area contributed by atoms with Crippen molar-refractivity contribution in [3.8, 4) is 11.6 Å². The monoisotopic (exact) mass is 473 g/mol. The molecule has 0 aliphatic rings. The Morgan fingerprint density at radius 3 is 2.43 bits per heavy atom. The molecule has 0 fully saturated rings. The minimum Gasteiger partial charge on any atom is -0.481 e. The molecule has 0 amide bonds. The van der Waals surface area contributed by atoms with Gasteiger partial charge in [-0.2, -0.15) is 0 Å². The topological polar surface area (TPSA) is 132 Å². The number of aromatic amines is 1. The molecule has 4 rings (SSSR count). The van der Waals surface area contributed by atoms with E-state index in [4.69, 9.17) is 9.84 Å². The third-order valence-electron chi connectivity index (χ3n) is 5.12. The van der Waals surface area contributed by atoms with E-state index < -0.39 is 17.3 Å². The van der Waals surface area contributed by atoms with Crippen molar-refractivity contribution >= 4 is 11.7 Å². The van der Waals surface area contributed by atoms with E-state index in [-0.39, 0.29) is 25.1 Å². The smallest absolute Gasteiger partial charge is 0.335 e. The van der Waals surface area contributed by atoms with Crippen molar-refractivity contribution in [3.05, 3.63) is 111 Å². The molecular weight excluding hydrogens is 450 g/mol. The molecule has 0 saturated carbocycles. The van der Waals surface area contributed by atoms with Crippen molar-refractivity contribution in [3.63, 3.8) is 0 Å². The van der Waals surface area contributed by atoms with Crippen molar-refractivity contribution in [1.29, 1.82) is 0 Å². The van der Waals surface area contributed by atoms with Gasteiger partial charge in [-0.3, -0.25) is 14.3 Å². The number of aliphatic carboxylic acids is 1. The van der Waals surface area contributed by atoms with Gasteiger partial charge in [-0.1, -0.05) is 35.9 Å². The number of carbonyl (C=O) groups is 1. The van der Waals surface area contributed by atoms with Crippen LogP contribution in [0, 0.1) is 6.92 Å². The minimum absolute atomic E-state index is 0.0468. The first-order valence-corrected chi connectivity index (χ1v) is 10.8. The molecule has 2 aromatic carbocycles. The van der Waals surface area contributed by atoms with Crippen LogP contribution in [-0.2, 0) is 17.9 Å². The van der Waals surface area contributed by atoms with Gasteiger partial charge in [0, 0.05) is 18.8 Å². The van der Waals surface area contributed by atoms with Gasteiger partial charge in [0.05, 0.1) is 18.7 Å². The molecule has 0 aliphatic heterocycles. The summed E-state index contributed by atoms with van der Waals surface area (Å²) in [4.78, 5) is 47.9. The van der Waals surface area contributed by atoms with Crippen LogP contribution in [0.1, 0.15) is 17.5 Å². The van der Waals surface area contributed by atoms with Gasteiger partial charge < -0.3 is 9.84 Å². The third kappa shape index (κ3) is 5.99. The maximum atomic E-state index is 13.2. The highest BCUT2D eigenvalue weighted by Crippen LogP contribution is 2.22. The molecule has 0 spiro atoms. The molecule has 2 heterocycles. The summed E-state index contributed by atoms with van der Waals surface area (Å²) in [5, 5.41) is 8.98. The van der Waals surface area contributed by atoms with Gasteiger partial charge in [0.25, 0.3) is 0 Å². The van der Waals surface area contributed by atoms with Crippen molar-refractivity contribution in [1.82, 2.24) is 19.1 Å². The second-order valence-electron chi connectivity index (χ2n) is 7.78. The number of rotatable bonds is 8.